The van der Waals surface area contributed by atoms with Crippen LogP contribution in [0.3, 0.4) is 0 Å². The number of hydrogen-bond donors (Lipinski definition) is 3. The Bertz CT molecular complexity index is 5050. The van der Waals surface area contributed by atoms with Crippen LogP contribution in [-0.4, -0.2) is 221 Å². The van der Waals surface area contributed by atoms with Gasteiger partial charge < -0.3 is 91.8 Å². The van der Waals surface area contributed by atoms with E-state index in [4.69, 9.17) is 56.8 Å². The summed E-state index contributed by atoms with van der Waals surface area (Å²) < 4.78 is 132. The number of benzene rings is 10. The average molecular weight is 2030 g/mol. The number of likely N-dealkylation sites (tertiary alicyclic amines) is 5. The summed E-state index contributed by atoms with van der Waals surface area (Å²) in [5.41, 5.74) is 9.81. The first-order chi connectivity index (χ1) is 71.5. The largest absolute Gasteiger partial charge is 0.493 e. The van der Waals surface area contributed by atoms with Crippen molar-refractivity contribution in [2.24, 2.45) is 23.7 Å². The summed E-state index contributed by atoms with van der Waals surface area (Å²) >= 11 is 0. The average Bonchev–Trinajstić information content (AvgIpc) is 0.814. The van der Waals surface area contributed by atoms with Crippen molar-refractivity contribution >= 4 is 11.9 Å². The van der Waals surface area contributed by atoms with Crippen molar-refractivity contribution in [1.82, 2.24) is 24.5 Å². The van der Waals surface area contributed by atoms with Crippen LogP contribution in [0.4, 0.5) is 22.0 Å². The minimum absolute atomic E-state index is 0.162. The first-order valence-corrected chi connectivity index (χ1v) is 52.1. The minimum Gasteiger partial charge on any atom is -0.493 e. The summed E-state index contributed by atoms with van der Waals surface area (Å²) in [7, 11) is 16.1. The van der Waals surface area contributed by atoms with Gasteiger partial charge in [0.25, 0.3) is 0 Å². The molecule has 796 valence electrons. The van der Waals surface area contributed by atoms with Crippen LogP contribution in [0.25, 0.3) is 0 Å². The number of aliphatic hydroxyl groups excluding tert-OH is 3. The molecule has 5 aliphatic heterocycles. The van der Waals surface area contributed by atoms with Gasteiger partial charge in [-0.3, -0.25) is 14.5 Å². The van der Waals surface area contributed by atoms with Crippen molar-refractivity contribution in [3.63, 3.8) is 0 Å². The van der Waals surface area contributed by atoms with E-state index < -0.39 is 18.3 Å². The number of aliphatic hydroxyl groups is 3. The molecule has 0 aromatic heterocycles. The third kappa shape index (κ3) is 35.0. The molecule has 2 unspecified atom stereocenters. The van der Waals surface area contributed by atoms with E-state index in [0.29, 0.717) is 70.3 Å². The second-order valence-corrected chi connectivity index (χ2v) is 38.3. The summed E-state index contributed by atoms with van der Waals surface area (Å²) in [4.78, 5) is 37.3. The smallest absolute Gasteiger partial charge is 0.306 e. The number of para-hydroxylation sites is 5. The molecular weight excluding hydrogens is 1880 g/mol. The number of halogens is 5. The zero-order chi connectivity index (χ0) is 105. The molecule has 5 aliphatic rings. The van der Waals surface area contributed by atoms with E-state index in [1.165, 1.54) is 60.7 Å². The van der Waals surface area contributed by atoms with Gasteiger partial charge >= 0.3 is 11.9 Å². The number of ether oxygens (including phenoxy) is 12. The summed E-state index contributed by atoms with van der Waals surface area (Å²) in [6.07, 6.45) is 15.6. The highest BCUT2D eigenvalue weighted by molar-refractivity contribution is 5.70. The third-order valence-electron chi connectivity index (χ3n) is 29.0. The van der Waals surface area contributed by atoms with Crippen molar-refractivity contribution in [1.29, 1.82) is 0 Å². The number of rotatable bonds is 43. The number of methoxy groups -OCH3 is 10. The molecule has 10 aromatic carbocycles. The Balaban J connectivity index is 0.000000175. The number of unbranched alkanes of at least 4 members (excludes halogenated alkanes) is 2. The molecule has 10 aromatic rings. The van der Waals surface area contributed by atoms with Gasteiger partial charge in [-0.1, -0.05) is 142 Å². The molecule has 3 N–H and O–H groups in total. The van der Waals surface area contributed by atoms with Crippen LogP contribution < -0.4 is 47.4 Å². The maximum atomic E-state index is 13.1. The number of carbonyl (C=O) groups is 2. The predicted molar refractivity (Wildman–Crippen MR) is 565 cm³/mol. The zero-order valence-electron chi connectivity index (χ0n) is 88.0. The van der Waals surface area contributed by atoms with Crippen molar-refractivity contribution in [2.45, 2.75) is 179 Å². The second kappa shape index (κ2) is 61.3. The van der Waals surface area contributed by atoms with E-state index in [0.717, 1.165) is 282 Å². The maximum absolute atomic E-state index is 13.1. The molecule has 5 heterocycles. The first kappa shape index (κ1) is 116. The molecule has 0 amide bonds. The Morgan fingerprint density at radius 1 is 0.293 bits per heavy atom. The Kier molecular flexibility index (Phi) is 48.2. The lowest BCUT2D eigenvalue weighted by Crippen LogP contribution is -2.37. The maximum Gasteiger partial charge on any atom is 0.306 e. The topological polar surface area (TPSA) is 222 Å². The second-order valence-electron chi connectivity index (χ2n) is 38.3. The molecule has 0 spiro atoms. The monoisotopic (exact) mass is 2030 g/mol. The normalized spacial score (nSPS) is 16.3. The van der Waals surface area contributed by atoms with Crippen LogP contribution in [0.5, 0.6) is 57.5 Å². The Labute approximate surface area is 868 Å². The Morgan fingerprint density at radius 2 is 0.510 bits per heavy atom. The van der Waals surface area contributed by atoms with Crippen molar-refractivity contribution < 1.29 is 104 Å². The van der Waals surface area contributed by atoms with E-state index in [9.17, 15) is 46.9 Å². The van der Waals surface area contributed by atoms with Gasteiger partial charge in [0.1, 0.15) is 60.1 Å². The number of carbonyl (C=O) groups excluding carboxylic acids is 2. The van der Waals surface area contributed by atoms with Gasteiger partial charge in [0.05, 0.1) is 88.9 Å². The molecule has 0 aliphatic carbocycles. The van der Waals surface area contributed by atoms with Crippen LogP contribution in [0, 0.1) is 58.7 Å². The fourth-order valence-corrected chi connectivity index (χ4v) is 20.3. The van der Waals surface area contributed by atoms with E-state index in [1.807, 2.05) is 152 Å². The van der Waals surface area contributed by atoms with Crippen molar-refractivity contribution in [2.75, 3.05) is 169 Å². The highest BCUT2D eigenvalue weighted by atomic mass is 19.1. The van der Waals surface area contributed by atoms with Crippen molar-refractivity contribution in [3.8, 4) is 57.5 Å². The number of nitrogens with zero attached hydrogens (tertiary/aromatic N) is 5. The third-order valence-corrected chi connectivity index (χ3v) is 29.0. The molecule has 0 radical (unpaired) electrons. The molecule has 147 heavy (non-hydrogen) atoms. The molecule has 15 rings (SSSR count). The zero-order valence-corrected chi connectivity index (χ0v) is 88.0. The number of hydrogen-bond acceptors (Lipinski definition) is 22. The van der Waals surface area contributed by atoms with E-state index in [-0.39, 0.29) is 76.9 Å². The molecule has 27 heteroatoms. The molecule has 22 nitrogen and oxygen atoms in total. The van der Waals surface area contributed by atoms with Crippen LogP contribution in [0.15, 0.2) is 212 Å². The number of piperidine rings is 5. The van der Waals surface area contributed by atoms with Crippen molar-refractivity contribution in [3.05, 3.63) is 303 Å². The van der Waals surface area contributed by atoms with E-state index >= 15 is 0 Å². The fraction of sp³-hybridized carbons (Fsp3) is 0.475. The minimum atomic E-state index is -0.644. The van der Waals surface area contributed by atoms with Gasteiger partial charge in [-0.2, -0.15) is 0 Å². The van der Waals surface area contributed by atoms with Gasteiger partial charge in [0.15, 0.2) is 57.5 Å². The van der Waals surface area contributed by atoms with Crippen LogP contribution in [0.2, 0.25) is 0 Å². The van der Waals surface area contributed by atoms with Crippen LogP contribution in [0.1, 0.15) is 203 Å². The lowest BCUT2D eigenvalue weighted by Gasteiger charge is -2.36. The van der Waals surface area contributed by atoms with E-state index in [2.05, 4.69) is 38.3 Å². The first-order valence-electron chi connectivity index (χ1n) is 52.1. The van der Waals surface area contributed by atoms with Gasteiger partial charge in [0, 0.05) is 92.7 Å². The highest BCUT2D eigenvalue weighted by Gasteiger charge is 2.41. The van der Waals surface area contributed by atoms with Gasteiger partial charge in [-0.05, 0) is 285 Å². The molecule has 0 saturated carbocycles. The standard InChI is InChI=1S/2C27H36FNO4.2C22H28FNO3.C22H27FNO3/c2*1-4-5-9-25(30)33-26(23-7-6-8-24(31-2)27(23)32-3)21-15-18-29(19-16-21)17-14-20-10-12-22(28)13-11-20;3*1-26-20-5-3-4-19(22(20)27-2)21(25)17-11-14-24(15-12-17)13-10-16-6-8-18(23)9-7-16/h2*6-8,10-13,21,26H,4-5,9,14-19H2,1-3H3;2*3-9,17,21,25H,10-15H2,1-2H3;3-9,21,25H,10-15H2,1-2H3/q;;;;+1/t26-;;2*21-;/m1.11./s1. The summed E-state index contributed by atoms with van der Waals surface area (Å²) in [6.45, 7) is 18.2. The molecular formula is C120H155F5N5O17+. The summed E-state index contributed by atoms with van der Waals surface area (Å²) in [6, 6.07) is 62.0. The summed E-state index contributed by atoms with van der Waals surface area (Å²) in [5, 5.41) is 32.7. The summed E-state index contributed by atoms with van der Waals surface area (Å²) in [5.74, 6) is 6.93. The SMILES string of the molecule is CCCCC(=O)OC(c1cccc(OC)c1OC)C1CCN(CCc2ccc(F)cc2)CC1.CCCCC(=O)O[C@@H](c1cccc(OC)c1OC)C1CCN(CCc2ccc(F)cc2)CC1.COc1cccc(C(O)[C+]2CCN(CCc3ccc(F)cc3)CC2)c1OC.COc1cccc([C@H](O)C2CCN(CCc3ccc(F)cc3)CC2)c1OC.COc1cccc([C@H](O)C2CCN(CCc3ccc(F)cc3)CC2)c1OC. The lowest BCUT2D eigenvalue weighted by atomic mass is 9.86. The van der Waals surface area contributed by atoms with Crippen LogP contribution in [-0.2, 0) is 51.2 Å². The molecule has 5 saturated heterocycles. The van der Waals surface area contributed by atoms with Gasteiger partial charge in [0.2, 0.25) is 6.10 Å². The molecule has 5 fully saturated rings. The Morgan fingerprint density at radius 3 is 0.748 bits per heavy atom. The fourth-order valence-electron chi connectivity index (χ4n) is 20.3. The van der Waals surface area contributed by atoms with Gasteiger partial charge in [-0.25, -0.2) is 22.0 Å². The van der Waals surface area contributed by atoms with Gasteiger partial charge in [-0.15, -0.1) is 0 Å². The number of esters is 2. The lowest BCUT2D eigenvalue weighted by molar-refractivity contribution is -0.154. The van der Waals surface area contributed by atoms with E-state index in [1.54, 1.807) is 71.1 Å². The molecule has 5 atom stereocenters. The predicted octanol–water partition coefficient (Wildman–Crippen LogP) is 22.6. The van der Waals surface area contributed by atoms with Crippen LogP contribution >= 0.6 is 0 Å². The molecule has 0 bridgehead atoms. The highest BCUT2D eigenvalue weighted by Crippen LogP contribution is 2.48. The quantitative estimate of drug-likeness (QED) is 0.0184. The Hall–Kier alpha value is -11.7.